The average Bonchev–Trinajstić information content (AvgIpc) is 2.89. The number of halogens is 2. The van der Waals surface area contributed by atoms with Crippen LogP contribution in [-0.2, 0) is 21.7 Å². The second-order valence-corrected chi connectivity index (χ2v) is 9.55. The van der Waals surface area contributed by atoms with Crippen molar-refractivity contribution in [1.82, 2.24) is 15.1 Å². The van der Waals surface area contributed by atoms with Crippen LogP contribution >= 0.6 is 23.2 Å². The van der Waals surface area contributed by atoms with E-state index in [9.17, 15) is 14.4 Å². The molecule has 4 amide bonds. The molecule has 1 fully saturated rings. The third-order valence-corrected chi connectivity index (χ3v) is 5.88. The van der Waals surface area contributed by atoms with Gasteiger partial charge in [-0.1, -0.05) is 59.6 Å². The fraction of sp³-hybridized carbons (Fsp3) is 0.348. The van der Waals surface area contributed by atoms with Crippen LogP contribution in [0.25, 0.3) is 0 Å². The molecule has 1 N–H and O–H groups in total. The maximum Gasteiger partial charge on any atom is 0.325 e. The van der Waals surface area contributed by atoms with Gasteiger partial charge in [-0.3, -0.25) is 14.5 Å². The van der Waals surface area contributed by atoms with Crippen molar-refractivity contribution in [2.75, 3.05) is 6.54 Å². The molecule has 3 rings (SSSR count). The summed E-state index contributed by atoms with van der Waals surface area (Å²) in [6, 6.07) is 13.6. The highest BCUT2D eigenvalue weighted by molar-refractivity contribution is 6.35. The lowest BCUT2D eigenvalue weighted by Gasteiger charge is -2.36. The molecule has 0 aliphatic carbocycles. The summed E-state index contributed by atoms with van der Waals surface area (Å²) in [5, 5.41) is 3.36. The molecule has 0 unspecified atom stereocenters. The third-order valence-electron chi connectivity index (χ3n) is 5.33. The van der Waals surface area contributed by atoms with Crippen LogP contribution in [0.5, 0.6) is 0 Å². The van der Waals surface area contributed by atoms with E-state index in [1.54, 1.807) is 24.0 Å². The van der Waals surface area contributed by atoms with E-state index in [1.165, 1.54) is 6.07 Å². The van der Waals surface area contributed by atoms with Gasteiger partial charge in [-0.15, -0.1) is 0 Å². The number of nitrogens with one attached hydrogen (secondary N) is 1. The second kappa shape index (κ2) is 8.52. The summed E-state index contributed by atoms with van der Waals surface area (Å²) >= 11 is 12.2. The molecule has 0 spiro atoms. The van der Waals surface area contributed by atoms with E-state index < -0.39 is 23.0 Å². The van der Waals surface area contributed by atoms with Crippen LogP contribution in [0.3, 0.4) is 0 Å². The highest BCUT2D eigenvalue weighted by atomic mass is 35.5. The smallest absolute Gasteiger partial charge is 0.325 e. The molecule has 1 aliphatic rings. The molecule has 1 aliphatic heterocycles. The van der Waals surface area contributed by atoms with Gasteiger partial charge in [-0.25, -0.2) is 4.79 Å². The normalized spacial score (nSPS) is 18.8. The van der Waals surface area contributed by atoms with Gasteiger partial charge in [0.2, 0.25) is 5.91 Å². The van der Waals surface area contributed by atoms with Crippen LogP contribution < -0.4 is 5.32 Å². The Labute approximate surface area is 192 Å². The number of rotatable bonds is 5. The van der Waals surface area contributed by atoms with Crippen molar-refractivity contribution in [3.8, 4) is 0 Å². The van der Waals surface area contributed by atoms with Crippen LogP contribution in [0.1, 0.15) is 38.8 Å². The second-order valence-electron chi connectivity index (χ2n) is 8.71. The Balaban J connectivity index is 1.84. The van der Waals surface area contributed by atoms with Gasteiger partial charge in [0.25, 0.3) is 5.91 Å². The van der Waals surface area contributed by atoms with Gasteiger partial charge < -0.3 is 10.2 Å². The molecule has 8 heteroatoms. The molecule has 0 radical (unpaired) electrons. The first-order valence-corrected chi connectivity index (χ1v) is 10.6. The topological polar surface area (TPSA) is 69.7 Å². The molecular formula is C23H25Cl2N3O3. The van der Waals surface area contributed by atoms with Crippen molar-refractivity contribution in [1.29, 1.82) is 0 Å². The van der Waals surface area contributed by atoms with Crippen molar-refractivity contribution in [2.45, 2.75) is 45.3 Å². The van der Waals surface area contributed by atoms with Crippen molar-refractivity contribution in [3.63, 3.8) is 0 Å². The molecule has 2 aromatic carbocycles. The lowest BCUT2D eigenvalue weighted by molar-refractivity contribution is -0.142. The Morgan fingerprint density at radius 3 is 2.32 bits per heavy atom. The Kier molecular flexibility index (Phi) is 6.35. The molecule has 0 aromatic heterocycles. The average molecular weight is 462 g/mol. The maximum atomic E-state index is 13.2. The third kappa shape index (κ3) is 4.70. The number of carbonyl (C=O) groups excluding carboxylic acids is 3. The quantitative estimate of drug-likeness (QED) is 0.661. The Hall–Kier alpha value is -2.57. The van der Waals surface area contributed by atoms with E-state index in [1.807, 2.05) is 51.1 Å². The van der Waals surface area contributed by atoms with E-state index in [2.05, 4.69) is 5.32 Å². The number of carbonyl (C=O) groups is 3. The first kappa shape index (κ1) is 23.1. The fourth-order valence-corrected chi connectivity index (χ4v) is 4.20. The SMILES string of the molecule is CC(C)(C)N(Cc1ccccc1)C(=O)CN1C(=O)N[C@@](C)(c2ccc(Cl)cc2Cl)C1=O. The summed E-state index contributed by atoms with van der Waals surface area (Å²) < 4.78 is 0. The molecule has 1 heterocycles. The Morgan fingerprint density at radius 2 is 1.74 bits per heavy atom. The van der Waals surface area contributed by atoms with Gasteiger partial charge in [0.05, 0.1) is 0 Å². The minimum Gasteiger partial charge on any atom is -0.332 e. The van der Waals surface area contributed by atoms with E-state index >= 15 is 0 Å². The van der Waals surface area contributed by atoms with E-state index in [-0.39, 0.29) is 17.5 Å². The van der Waals surface area contributed by atoms with Gasteiger partial charge in [0, 0.05) is 27.7 Å². The lowest BCUT2D eigenvalue weighted by atomic mass is 9.92. The van der Waals surface area contributed by atoms with Crippen LogP contribution in [0.15, 0.2) is 48.5 Å². The van der Waals surface area contributed by atoms with Gasteiger partial charge in [0.1, 0.15) is 12.1 Å². The van der Waals surface area contributed by atoms with Gasteiger partial charge in [-0.2, -0.15) is 0 Å². The van der Waals surface area contributed by atoms with Crippen LogP contribution in [-0.4, -0.2) is 39.7 Å². The van der Waals surface area contributed by atoms with Gasteiger partial charge in [0.15, 0.2) is 0 Å². The molecular weight excluding hydrogens is 437 g/mol. The Bertz CT molecular complexity index is 1020. The van der Waals surface area contributed by atoms with Crippen molar-refractivity contribution >= 4 is 41.0 Å². The number of imide groups is 1. The van der Waals surface area contributed by atoms with Gasteiger partial charge >= 0.3 is 6.03 Å². The first-order valence-electron chi connectivity index (χ1n) is 9.87. The number of nitrogens with zero attached hydrogens (tertiary/aromatic N) is 2. The summed E-state index contributed by atoms with van der Waals surface area (Å²) in [7, 11) is 0. The molecule has 0 bridgehead atoms. The van der Waals surface area contributed by atoms with E-state index in [0.29, 0.717) is 17.1 Å². The molecule has 1 saturated heterocycles. The molecule has 164 valence electrons. The molecule has 2 aromatic rings. The van der Waals surface area contributed by atoms with Crippen molar-refractivity contribution < 1.29 is 14.4 Å². The molecule has 6 nitrogen and oxygen atoms in total. The molecule has 31 heavy (non-hydrogen) atoms. The zero-order valence-electron chi connectivity index (χ0n) is 17.9. The predicted octanol–water partition coefficient (Wildman–Crippen LogP) is 4.59. The number of amides is 4. The molecule has 1 atom stereocenters. The lowest BCUT2D eigenvalue weighted by Crippen LogP contribution is -2.50. The van der Waals surface area contributed by atoms with Crippen molar-refractivity contribution in [2.24, 2.45) is 0 Å². The van der Waals surface area contributed by atoms with Crippen LogP contribution in [0.2, 0.25) is 10.0 Å². The number of benzene rings is 2. The minimum absolute atomic E-state index is 0.261. The largest absolute Gasteiger partial charge is 0.332 e. The fourth-order valence-electron chi connectivity index (χ4n) is 3.60. The summed E-state index contributed by atoms with van der Waals surface area (Å²) in [6.45, 7) is 7.31. The first-order chi connectivity index (χ1) is 14.4. The van der Waals surface area contributed by atoms with Crippen LogP contribution in [0, 0.1) is 0 Å². The zero-order chi connectivity index (χ0) is 23.0. The summed E-state index contributed by atoms with van der Waals surface area (Å²) in [4.78, 5) is 41.7. The van der Waals surface area contributed by atoms with Crippen molar-refractivity contribution in [3.05, 3.63) is 69.7 Å². The van der Waals surface area contributed by atoms with E-state index in [4.69, 9.17) is 23.2 Å². The standard InChI is InChI=1S/C23H25Cl2N3O3/c1-22(2,3)28(13-15-8-6-5-7-9-15)19(29)14-27-20(30)23(4,26-21(27)31)17-11-10-16(24)12-18(17)25/h5-12H,13-14H2,1-4H3,(H,26,31)/t23-/m0/s1. The predicted molar refractivity (Wildman–Crippen MR) is 121 cm³/mol. The highest BCUT2D eigenvalue weighted by Crippen LogP contribution is 2.35. The number of hydrogen-bond donors (Lipinski definition) is 1. The number of hydrogen-bond acceptors (Lipinski definition) is 3. The highest BCUT2D eigenvalue weighted by Gasteiger charge is 2.50. The molecule has 0 saturated carbocycles. The summed E-state index contributed by atoms with van der Waals surface area (Å²) in [6.07, 6.45) is 0. The van der Waals surface area contributed by atoms with Crippen LogP contribution in [0.4, 0.5) is 4.79 Å². The minimum atomic E-state index is -1.38. The van der Waals surface area contributed by atoms with E-state index in [0.717, 1.165) is 10.5 Å². The Morgan fingerprint density at radius 1 is 1.10 bits per heavy atom. The number of urea groups is 1. The monoisotopic (exact) mass is 461 g/mol. The summed E-state index contributed by atoms with van der Waals surface area (Å²) in [5.74, 6) is -0.866. The maximum absolute atomic E-state index is 13.2. The zero-order valence-corrected chi connectivity index (χ0v) is 19.4. The summed E-state index contributed by atoms with van der Waals surface area (Å²) in [5.41, 5.74) is -0.510. The van der Waals surface area contributed by atoms with Gasteiger partial charge in [-0.05, 0) is 45.4 Å².